The number of ether oxygens (including phenoxy) is 1. The van der Waals surface area contributed by atoms with Crippen LogP contribution in [0.5, 0.6) is 0 Å². The molecule has 5 rings (SSSR count). The Balaban J connectivity index is 1.48. The van der Waals surface area contributed by atoms with Gasteiger partial charge in [-0.1, -0.05) is 19.1 Å². The highest BCUT2D eigenvalue weighted by Crippen LogP contribution is 2.47. The van der Waals surface area contributed by atoms with Gasteiger partial charge in [0.2, 0.25) is 0 Å². The van der Waals surface area contributed by atoms with Crippen molar-refractivity contribution >= 4 is 11.5 Å². The lowest BCUT2D eigenvalue weighted by Crippen LogP contribution is -2.33. The molecule has 3 aromatic rings. The highest BCUT2D eigenvalue weighted by molar-refractivity contribution is 5.62. The molecule has 1 aliphatic heterocycles. The molecule has 2 unspecified atom stereocenters. The smallest absolute Gasteiger partial charge is 0.137 e. The number of rotatable bonds is 5. The molecule has 1 aliphatic carbocycles. The first-order valence-electron chi connectivity index (χ1n) is 9.61. The Bertz CT molecular complexity index is 978. The van der Waals surface area contributed by atoms with E-state index >= 15 is 0 Å². The maximum atomic E-state index is 5.54. The Morgan fingerprint density at radius 1 is 1.22 bits per heavy atom. The zero-order valence-electron chi connectivity index (χ0n) is 15.8. The van der Waals surface area contributed by atoms with Crippen molar-refractivity contribution in [2.24, 2.45) is 0 Å². The lowest BCUT2D eigenvalue weighted by atomic mass is 10.0. The van der Waals surface area contributed by atoms with Gasteiger partial charge in [0.25, 0.3) is 0 Å². The van der Waals surface area contributed by atoms with Crippen molar-refractivity contribution in [2.45, 2.75) is 37.3 Å². The van der Waals surface area contributed by atoms with Crippen LogP contribution in [0.15, 0.2) is 42.7 Å². The van der Waals surface area contributed by atoms with Gasteiger partial charge in [0.05, 0.1) is 29.7 Å². The third kappa shape index (κ3) is 2.99. The van der Waals surface area contributed by atoms with Gasteiger partial charge in [-0.25, -0.2) is 9.97 Å². The quantitative estimate of drug-likeness (QED) is 0.730. The highest BCUT2D eigenvalue weighted by Gasteiger charge is 2.39. The zero-order valence-corrected chi connectivity index (χ0v) is 15.8. The van der Waals surface area contributed by atoms with Crippen LogP contribution < -0.4 is 10.6 Å². The van der Waals surface area contributed by atoms with E-state index < -0.39 is 0 Å². The minimum atomic E-state index is 0.160. The lowest BCUT2D eigenvalue weighted by molar-refractivity contribution is 0.111. The van der Waals surface area contributed by atoms with Crippen LogP contribution in [0.3, 0.4) is 0 Å². The molecule has 6 nitrogen and oxygen atoms in total. The molecule has 140 valence electrons. The summed E-state index contributed by atoms with van der Waals surface area (Å²) >= 11 is 0. The summed E-state index contributed by atoms with van der Waals surface area (Å²) in [5.41, 5.74) is 4.61. The molecular weight excluding hydrogens is 338 g/mol. The van der Waals surface area contributed by atoms with E-state index in [1.165, 1.54) is 18.4 Å². The van der Waals surface area contributed by atoms with Gasteiger partial charge in [0, 0.05) is 26.4 Å². The van der Waals surface area contributed by atoms with Crippen molar-refractivity contribution in [1.82, 2.24) is 19.7 Å². The van der Waals surface area contributed by atoms with Gasteiger partial charge in [0.1, 0.15) is 11.5 Å². The van der Waals surface area contributed by atoms with Crippen LogP contribution in [0.4, 0.5) is 5.82 Å². The van der Waals surface area contributed by atoms with Crippen molar-refractivity contribution in [2.75, 3.05) is 25.5 Å². The Morgan fingerprint density at radius 3 is 2.93 bits per heavy atom. The van der Waals surface area contributed by atoms with E-state index in [9.17, 15) is 0 Å². The Morgan fingerprint density at radius 2 is 2.11 bits per heavy atom. The zero-order chi connectivity index (χ0) is 18.4. The second kappa shape index (κ2) is 6.32. The number of nitrogens with zero attached hydrogens (tertiary/aromatic N) is 3. The molecule has 4 heterocycles. The SMILES string of the molecule is COC1CNCC1Nc1cccc(-c2cnc3ccc(C4(C)CC4)cn23)n1. The number of aromatic nitrogens is 3. The number of fused-ring (bicyclic) bond motifs is 1. The lowest BCUT2D eigenvalue weighted by Gasteiger charge is -2.19. The molecule has 2 aliphatic rings. The summed E-state index contributed by atoms with van der Waals surface area (Å²) in [7, 11) is 1.76. The summed E-state index contributed by atoms with van der Waals surface area (Å²) in [6, 6.07) is 10.6. The third-order valence-corrected chi connectivity index (χ3v) is 6.01. The first kappa shape index (κ1) is 16.7. The molecule has 1 saturated carbocycles. The van der Waals surface area contributed by atoms with Crippen molar-refractivity contribution in [3.63, 3.8) is 0 Å². The van der Waals surface area contributed by atoms with Crippen LogP contribution in [0, 0.1) is 0 Å². The average molecular weight is 363 g/mol. The van der Waals surface area contributed by atoms with Gasteiger partial charge in [0.15, 0.2) is 0 Å². The molecule has 2 N–H and O–H groups in total. The summed E-state index contributed by atoms with van der Waals surface area (Å²) < 4.78 is 7.71. The van der Waals surface area contributed by atoms with Crippen LogP contribution in [-0.4, -0.2) is 46.7 Å². The van der Waals surface area contributed by atoms with E-state index in [4.69, 9.17) is 9.72 Å². The third-order valence-electron chi connectivity index (χ3n) is 6.01. The first-order chi connectivity index (χ1) is 13.2. The molecule has 27 heavy (non-hydrogen) atoms. The normalized spacial score (nSPS) is 23.6. The van der Waals surface area contributed by atoms with Gasteiger partial charge >= 0.3 is 0 Å². The van der Waals surface area contributed by atoms with Gasteiger partial charge < -0.3 is 15.4 Å². The number of methoxy groups -OCH3 is 1. The maximum absolute atomic E-state index is 5.54. The minimum absolute atomic E-state index is 0.160. The Kier molecular flexibility index (Phi) is 3.91. The number of hydrogen-bond donors (Lipinski definition) is 2. The summed E-state index contributed by atoms with van der Waals surface area (Å²) in [5, 5.41) is 6.87. The fourth-order valence-corrected chi connectivity index (χ4v) is 3.90. The Labute approximate surface area is 159 Å². The topological polar surface area (TPSA) is 63.5 Å². The predicted octanol–water partition coefficient (Wildman–Crippen LogP) is 2.85. The first-order valence-corrected chi connectivity index (χ1v) is 9.61. The van der Waals surface area contributed by atoms with Crippen molar-refractivity contribution < 1.29 is 4.74 Å². The van der Waals surface area contributed by atoms with Gasteiger partial charge in [-0.15, -0.1) is 0 Å². The molecule has 0 spiro atoms. The van der Waals surface area contributed by atoms with Crippen LogP contribution in [-0.2, 0) is 10.2 Å². The van der Waals surface area contributed by atoms with E-state index in [-0.39, 0.29) is 12.1 Å². The van der Waals surface area contributed by atoms with Crippen LogP contribution in [0.2, 0.25) is 0 Å². The fourth-order valence-electron chi connectivity index (χ4n) is 3.90. The van der Waals surface area contributed by atoms with E-state index in [0.29, 0.717) is 5.41 Å². The van der Waals surface area contributed by atoms with E-state index in [1.54, 1.807) is 7.11 Å². The predicted molar refractivity (Wildman–Crippen MR) is 106 cm³/mol. The molecule has 0 radical (unpaired) electrons. The molecule has 2 fully saturated rings. The van der Waals surface area contributed by atoms with Crippen molar-refractivity contribution in [1.29, 1.82) is 0 Å². The van der Waals surface area contributed by atoms with Gasteiger partial charge in [-0.05, 0) is 42.0 Å². The van der Waals surface area contributed by atoms with Gasteiger partial charge in [-0.3, -0.25) is 4.40 Å². The largest absolute Gasteiger partial charge is 0.378 e. The highest BCUT2D eigenvalue weighted by atomic mass is 16.5. The standard InChI is InChI=1S/C21H25N5O/c1-21(8-9-21)14-6-7-20-23-11-17(26(20)13-14)15-4-3-5-19(24-15)25-16-10-22-12-18(16)27-2/h3-7,11,13,16,18,22H,8-10,12H2,1-2H3,(H,24,25). The summed E-state index contributed by atoms with van der Waals surface area (Å²) in [6.07, 6.45) is 6.82. The monoisotopic (exact) mass is 363 g/mol. The fraction of sp³-hybridized carbons (Fsp3) is 0.429. The number of hydrogen-bond acceptors (Lipinski definition) is 5. The number of anilines is 1. The second-order valence-electron chi connectivity index (χ2n) is 7.94. The molecule has 3 aromatic heterocycles. The molecule has 0 amide bonds. The van der Waals surface area contributed by atoms with Gasteiger partial charge in [-0.2, -0.15) is 0 Å². The van der Waals surface area contributed by atoms with Crippen LogP contribution >= 0.6 is 0 Å². The maximum Gasteiger partial charge on any atom is 0.137 e. The average Bonchev–Trinajstić information content (AvgIpc) is 3.11. The number of pyridine rings is 2. The van der Waals surface area contributed by atoms with Crippen LogP contribution in [0.25, 0.3) is 17.0 Å². The summed E-state index contributed by atoms with van der Waals surface area (Å²) in [5.74, 6) is 0.864. The molecule has 2 atom stereocenters. The van der Waals surface area contributed by atoms with E-state index in [1.807, 2.05) is 24.4 Å². The van der Waals surface area contributed by atoms with Crippen LogP contribution in [0.1, 0.15) is 25.3 Å². The molecule has 0 bridgehead atoms. The van der Waals surface area contributed by atoms with E-state index in [0.717, 1.165) is 35.9 Å². The van der Waals surface area contributed by atoms with E-state index in [2.05, 4.69) is 45.3 Å². The molecule has 6 heteroatoms. The second-order valence-corrected chi connectivity index (χ2v) is 7.94. The number of imidazole rings is 1. The Hall–Kier alpha value is -2.44. The molecule has 0 aromatic carbocycles. The summed E-state index contributed by atoms with van der Waals surface area (Å²) in [6.45, 7) is 4.07. The summed E-state index contributed by atoms with van der Waals surface area (Å²) in [4.78, 5) is 9.42. The molecular formula is C21H25N5O. The minimum Gasteiger partial charge on any atom is -0.378 e. The van der Waals surface area contributed by atoms with Crippen molar-refractivity contribution in [3.8, 4) is 11.4 Å². The molecule has 1 saturated heterocycles. The number of nitrogens with one attached hydrogen (secondary N) is 2. The van der Waals surface area contributed by atoms with Crippen molar-refractivity contribution in [3.05, 3.63) is 48.3 Å².